The van der Waals surface area contributed by atoms with Gasteiger partial charge in [0.05, 0.1) is 10.7 Å². The monoisotopic (exact) mass is 209 g/mol. The van der Waals surface area contributed by atoms with Crippen LogP contribution in [0.5, 0.6) is 0 Å². The first kappa shape index (κ1) is 9.16. The first-order chi connectivity index (χ1) is 6.38. The van der Waals surface area contributed by atoms with Crippen molar-refractivity contribution in [1.29, 1.82) is 0 Å². The second kappa shape index (κ2) is 4.20. The first-order valence-corrected chi connectivity index (χ1v) is 6.44. The second-order valence-corrected chi connectivity index (χ2v) is 4.85. The van der Waals surface area contributed by atoms with Crippen LogP contribution in [0.15, 0.2) is 34.2 Å². The molecular formula is C10H11NS2. The highest BCUT2D eigenvalue weighted by molar-refractivity contribution is 8.15. The van der Waals surface area contributed by atoms with Crippen LogP contribution in [0.3, 0.4) is 0 Å². The van der Waals surface area contributed by atoms with Crippen LogP contribution in [0.25, 0.3) is 0 Å². The lowest BCUT2D eigenvalue weighted by Crippen LogP contribution is -2.06. The van der Waals surface area contributed by atoms with Crippen LogP contribution in [0.4, 0.5) is 5.69 Å². The van der Waals surface area contributed by atoms with E-state index in [-0.39, 0.29) is 0 Å². The Morgan fingerprint density at radius 3 is 2.46 bits per heavy atom. The van der Waals surface area contributed by atoms with Crippen molar-refractivity contribution in [2.24, 2.45) is 4.99 Å². The molecule has 1 aromatic carbocycles. The number of hydrogen-bond donors (Lipinski definition) is 0. The van der Waals surface area contributed by atoms with Crippen molar-refractivity contribution in [3.8, 4) is 0 Å². The Labute approximate surface area is 87.0 Å². The molecular weight excluding hydrogens is 198 g/mol. The summed E-state index contributed by atoms with van der Waals surface area (Å²) in [6.07, 6.45) is 3.25. The summed E-state index contributed by atoms with van der Waals surface area (Å²) in [6, 6.07) is 8.40. The average Bonchev–Trinajstić information content (AvgIpc) is 2.12. The Hall–Kier alpha value is -0.410. The molecule has 1 aliphatic rings. The van der Waals surface area contributed by atoms with E-state index in [1.54, 1.807) is 11.8 Å². The number of nitrogens with zero attached hydrogens (tertiary/aromatic N) is 1. The summed E-state index contributed by atoms with van der Waals surface area (Å²) in [5, 5.41) is 1.27. The molecule has 1 aromatic rings. The highest BCUT2D eigenvalue weighted by Crippen LogP contribution is 2.26. The molecule has 13 heavy (non-hydrogen) atoms. The van der Waals surface area contributed by atoms with Crippen LogP contribution in [0, 0.1) is 0 Å². The quantitative estimate of drug-likeness (QED) is 0.690. The van der Waals surface area contributed by atoms with Gasteiger partial charge in [-0.05, 0) is 30.5 Å². The molecule has 0 bridgehead atoms. The summed E-state index contributed by atoms with van der Waals surface area (Å²) >= 11 is 3.62. The molecule has 0 aromatic heterocycles. The Morgan fingerprint density at radius 2 is 2.00 bits per heavy atom. The number of rotatable bonds is 2. The van der Waals surface area contributed by atoms with Crippen LogP contribution >= 0.6 is 23.5 Å². The molecule has 0 atom stereocenters. The van der Waals surface area contributed by atoms with E-state index in [1.807, 2.05) is 11.8 Å². The summed E-state index contributed by atoms with van der Waals surface area (Å²) in [5.41, 5.74) is 1.08. The lowest BCUT2D eigenvalue weighted by Gasteiger charge is -2.13. The van der Waals surface area contributed by atoms with Gasteiger partial charge in [-0.1, -0.05) is 0 Å². The summed E-state index contributed by atoms with van der Waals surface area (Å²) < 4.78 is 0. The highest BCUT2D eigenvalue weighted by Gasteiger charge is 2.10. The van der Waals surface area contributed by atoms with Crippen molar-refractivity contribution < 1.29 is 0 Å². The predicted octanol–water partition coefficient (Wildman–Crippen LogP) is 3.58. The zero-order chi connectivity index (χ0) is 9.10. The zero-order valence-corrected chi connectivity index (χ0v) is 9.12. The molecule has 3 heteroatoms. The van der Waals surface area contributed by atoms with E-state index in [9.17, 15) is 0 Å². The van der Waals surface area contributed by atoms with Crippen LogP contribution in [0.1, 0.15) is 6.42 Å². The standard InChI is InChI=1S/C10H11NS2/c1-12-9-4-2-8(3-5-9)11-10-6-7-13-10/h2-5H,6-7H2,1H3. The lowest BCUT2D eigenvalue weighted by atomic mass is 10.3. The molecule has 0 spiro atoms. The number of aliphatic imine (C=N–C) groups is 1. The Morgan fingerprint density at radius 1 is 1.31 bits per heavy atom. The van der Waals surface area contributed by atoms with E-state index >= 15 is 0 Å². The van der Waals surface area contributed by atoms with Crippen LogP contribution in [-0.2, 0) is 0 Å². The minimum atomic E-state index is 1.08. The van der Waals surface area contributed by atoms with Crippen LogP contribution in [-0.4, -0.2) is 17.1 Å². The first-order valence-electron chi connectivity index (χ1n) is 4.23. The van der Waals surface area contributed by atoms with Crippen molar-refractivity contribution in [3.63, 3.8) is 0 Å². The fourth-order valence-electron chi connectivity index (χ4n) is 1.08. The molecule has 1 saturated heterocycles. The maximum Gasteiger partial charge on any atom is 0.0747 e. The van der Waals surface area contributed by atoms with E-state index < -0.39 is 0 Å². The highest BCUT2D eigenvalue weighted by atomic mass is 32.2. The topological polar surface area (TPSA) is 12.4 Å². The normalized spacial score (nSPS) is 18.7. The van der Waals surface area contributed by atoms with Gasteiger partial charge in [0, 0.05) is 17.1 Å². The van der Waals surface area contributed by atoms with E-state index in [2.05, 4.69) is 35.5 Å². The van der Waals surface area contributed by atoms with E-state index in [0.29, 0.717) is 0 Å². The fourth-order valence-corrected chi connectivity index (χ4v) is 2.05. The number of thioether (sulfide) groups is 2. The van der Waals surface area contributed by atoms with Gasteiger partial charge in [0.15, 0.2) is 0 Å². The Bertz CT molecular complexity index is 310. The molecule has 1 nitrogen and oxygen atoms in total. The summed E-state index contributed by atoms with van der Waals surface area (Å²) in [6.45, 7) is 0. The van der Waals surface area contributed by atoms with E-state index in [0.717, 1.165) is 12.1 Å². The fraction of sp³-hybridized carbons (Fsp3) is 0.300. The third kappa shape index (κ3) is 2.29. The van der Waals surface area contributed by atoms with Crippen LogP contribution < -0.4 is 0 Å². The molecule has 1 heterocycles. The maximum atomic E-state index is 4.51. The summed E-state index contributed by atoms with van der Waals surface area (Å²) in [7, 11) is 0. The molecule has 0 aliphatic carbocycles. The minimum Gasteiger partial charge on any atom is -0.247 e. The van der Waals surface area contributed by atoms with Crippen molar-refractivity contribution in [1.82, 2.24) is 0 Å². The Balaban J connectivity index is 2.13. The van der Waals surface area contributed by atoms with Crippen molar-refractivity contribution in [2.45, 2.75) is 11.3 Å². The molecule has 0 unspecified atom stereocenters. The predicted molar refractivity (Wildman–Crippen MR) is 62.4 cm³/mol. The zero-order valence-electron chi connectivity index (χ0n) is 7.49. The van der Waals surface area contributed by atoms with Gasteiger partial charge in [-0.15, -0.1) is 23.5 Å². The van der Waals surface area contributed by atoms with Crippen molar-refractivity contribution >= 4 is 34.3 Å². The molecule has 0 radical (unpaired) electrons. The van der Waals surface area contributed by atoms with Gasteiger partial charge >= 0.3 is 0 Å². The molecule has 0 saturated carbocycles. The van der Waals surface area contributed by atoms with Crippen molar-refractivity contribution in [2.75, 3.05) is 12.0 Å². The summed E-state index contributed by atoms with van der Waals surface area (Å²) in [4.78, 5) is 5.81. The van der Waals surface area contributed by atoms with Gasteiger partial charge < -0.3 is 0 Å². The van der Waals surface area contributed by atoms with Gasteiger partial charge in [0.2, 0.25) is 0 Å². The third-order valence-corrected chi connectivity index (χ3v) is 3.69. The second-order valence-electron chi connectivity index (χ2n) is 2.80. The van der Waals surface area contributed by atoms with Gasteiger partial charge in [-0.3, -0.25) is 0 Å². The average molecular weight is 209 g/mol. The molecule has 0 N–H and O–H groups in total. The maximum absolute atomic E-state index is 4.51. The van der Waals surface area contributed by atoms with Gasteiger partial charge in [0.1, 0.15) is 0 Å². The molecule has 68 valence electrons. The van der Waals surface area contributed by atoms with Gasteiger partial charge in [-0.2, -0.15) is 0 Å². The van der Waals surface area contributed by atoms with Gasteiger partial charge in [0.25, 0.3) is 0 Å². The lowest BCUT2D eigenvalue weighted by molar-refractivity contribution is 1.28. The van der Waals surface area contributed by atoms with Crippen LogP contribution in [0.2, 0.25) is 0 Å². The molecule has 1 aliphatic heterocycles. The minimum absolute atomic E-state index is 1.08. The van der Waals surface area contributed by atoms with Gasteiger partial charge in [-0.25, -0.2) is 4.99 Å². The van der Waals surface area contributed by atoms with Crippen molar-refractivity contribution in [3.05, 3.63) is 24.3 Å². The smallest absolute Gasteiger partial charge is 0.0747 e. The molecule has 1 fully saturated rings. The third-order valence-electron chi connectivity index (χ3n) is 1.91. The summed E-state index contributed by atoms with van der Waals surface area (Å²) in [5.74, 6) is 1.24. The van der Waals surface area contributed by atoms with E-state index in [1.165, 1.54) is 15.7 Å². The molecule has 2 rings (SSSR count). The Kier molecular flexibility index (Phi) is 2.96. The van der Waals surface area contributed by atoms with E-state index in [4.69, 9.17) is 0 Å². The number of hydrogen-bond acceptors (Lipinski definition) is 3. The number of benzene rings is 1. The SMILES string of the molecule is CSc1ccc(N=C2CCS2)cc1. The molecule has 0 amide bonds. The largest absolute Gasteiger partial charge is 0.247 e.